The Labute approximate surface area is 174 Å². The zero-order valence-corrected chi connectivity index (χ0v) is 16.3. The smallest absolute Gasteiger partial charge is 0.342 e. The molecular formula is C18H14F4N6OS. The average Bonchev–Trinajstić information content (AvgIpc) is 3.17. The van der Waals surface area contributed by atoms with Crippen LogP contribution in [-0.4, -0.2) is 25.7 Å². The first-order valence-electron chi connectivity index (χ1n) is 8.14. The number of hydrogen-bond donors (Lipinski definition) is 1. The van der Waals surface area contributed by atoms with Crippen LogP contribution >= 0.6 is 13.5 Å². The average molecular weight is 438 g/mol. The minimum Gasteiger partial charge on any atom is -0.342 e. The lowest BCUT2D eigenvalue weighted by atomic mass is 10.1. The van der Waals surface area contributed by atoms with Crippen molar-refractivity contribution in [1.82, 2.24) is 25.1 Å². The SMILES string of the molecule is C[C@H](NC(=O)c1cc(F)cc(C(F)(F)F)c1)c1ncnn1-c1ccc(C#N)cn1.S. The fourth-order valence-electron chi connectivity index (χ4n) is 2.53. The maximum atomic E-state index is 13.5. The van der Waals surface area contributed by atoms with Crippen molar-refractivity contribution in [1.29, 1.82) is 5.26 Å². The first-order valence-corrected chi connectivity index (χ1v) is 8.14. The predicted octanol–water partition coefficient (Wildman–Crippen LogP) is 3.30. The van der Waals surface area contributed by atoms with E-state index in [0.29, 0.717) is 29.6 Å². The van der Waals surface area contributed by atoms with Crippen molar-refractivity contribution < 1.29 is 22.4 Å². The van der Waals surface area contributed by atoms with E-state index in [0.717, 1.165) is 0 Å². The Morgan fingerprint density at radius 3 is 2.57 bits per heavy atom. The highest BCUT2D eigenvalue weighted by molar-refractivity contribution is 7.59. The van der Waals surface area contributed by atoms with Crippen LogP contribution < -0.4 is 5.32 Å². The number of pyridine rings is 1. The Morgan fingerprint density at radius 2 is 1.97 bits per heavy atom. The second-order valence-corrected chi connectivity index (χ2v) is 5.97. The summed E-state index contributed by atoms with van der Waals surface area (Å²) in [6.07, 6.45) is -2.25. The molecule has 0 saturated heterocycles. The van der Waals surface area contributed by atoms with Crippen molar-refractivity contribution in [2.45, 2.75) is 19.1 Å². The van der Waals surface area contributed by atoms with Crippen LogP contribution in [0.1, 0.15) is 40.3 Å². The van der Waals surface area contributed by atoms with Crippen LogP contribution in [0.5, 0.6) is 0 Å². The molecule has 30 heavy (non-hydrogen) atoms. The standard InChI is InChI=1S/C18H12F4N6O.H2S/c1-10(16-25-9-26-28(16)15-3-2-11(7-23)8-24-15)27-17(29)12-4-13(18(20,21)22)6-14(19)5-12;/h2-6,8-10H,1H3,(H,27,29);1H2/t10-;/m0./s1. The summed E-state index contributed by atoms with van der Waals surface area (Å²) in [6, 6.07) is 5.76. The van der Waals surface area contributed by atoms with Gasteiger partial charge in [-0.1, -0.05) is 0 Å². The van der Waals surface area contributed by atoms with Crippen molar-refractivity contribution in [2.24, 2.45) is 0 Å². The van der Waals surface area contributed by atoms with Crippen molar-refractivity contribution in [3.8, 4) is 11.9 Å². The molecule has 1 aromatic carbocycles. The van der Waals surface area contributed by atoms with Crippen LogP contribution in [0, 0.1) is 17.1 Å². The molecule has 0 aliphatic heterocycles. The van der Waals surface area contributed by atoms with E-state index in [9.17, 15) is 22.4 Å². The van der Waals surface area contributed by atoms with Crippen molar-refractivity contribution in [2.75, 3.05) is 0 Å². The van der Waals surface area contributed by atoms with E-state index in [1.165, 1.54) is 36.3 Å². The number of benzene rings is 1. The molecule has 0 aliphatic carbocycles. The molecule has 0 unspecified atom stereocenters. The van der Waals surface area contributed by atoms with E-state index in [2.05, 4.69) is 20.4 Å². The van der Waals surface area contributed by atoms with Gasteiger partial charge in [-0.3, -0.25) is 4.79 Å². The number of nitrogens with zero attached hydrogens (tertiary/aromatic N) is 5. The van der Waals surface area contributed by atoms with Gasteiger partial charge in [0, 0.05) is 11.8 Å². The highest BCUT2D eigenvalue weighted by atomic mass is 32.1. The molecule has 0 aliphatic rings. The number of alkyl halides is 3. The molecular weight excluding hydrogens is 424 g/mol. The number of rotatable bonds is 4. The van der Waals surface area contributed by atoms with Crippen molar-refractivity contribution >= 4 is 19.4 Å². The minimum atomic E-state index is -4.79. The fraction of sp³-hybridized carbons (Fsp3) is 0.167. The zero-order valence-electron chi connectivity index (χ0n) is 15.3. The Hall–Kier alpha value is -3.46. The lowest BCUT2D eigenvalue weighted by Gasteiger charge is -2.15. The monoisotopic (exact) mass is 438 g/mol. The maximum absolute atomic E-state index is 13.5. The number of carbonyl (C=O) groups excluding carboxylic acids is 1. The second-order valence-electron chi connectivity index (χ2n) is 5.97. The van der Waals surface area contributed by atoms with E-state index in [-0.39, 0.29) is 19.3 Å². The summed E-state index contributed by atoms with van der Waals surface area (Å²) >= 11 is 0. The van der Waals surface area contributed by atoms with Gasteiger partial charge in [0.05, 0.1) is 17.2 Å². The number of carbonyl (C=O) groups is 1. The third-order valence-corrected chi connectivity index (χ3v) is 3.89. The molecule has 0 spiro atoms. The summed E-state index contributed by atoms with van der Waals surface area (Å²) in [5.41, 5.74) is -1.41. The number of nitrogens with one attached hydrogen (secondary N) is 1. The van der Waals surface area contributed by atoms with E-state index >= 15 is 0 Å². The molecule has 3 rings (SSSR count). The van der Waals surface area contributed by atoms with Gasteiger partial charge in [0.25, 0.3) is 5.91 Å². The van der Waals surface area contributed by atoms with Gasteiger partial charge in [-0.25, -0.2) is 14.4 Å². The highest BCUT2D eigenvalue weighted by Gasteiger charge is 2.32. The normalized spacial score (nSPS) is 11.9. The number of halogens is 4. The van der Waals surface area contributed by atoms with Crippen LogP contribution in [0.15, 0.2) is 42.9 Å². The van der Waals surface area contributed by atoms with Crippen molar-refractivity contribution in [3.05, 3.63) is 71.2 Å². The van der Waals surface area contributed by atoms with E-state index in [4.69, 9.17) is 5.26 Å². The van der Waals surface area contributed by atoms with Gasteiger partial charge >= 0.3 is 6.18 Å². The summed E-state index contributed by atoms with van der Waals surface area (Å²) in [4.78, 5) is 20.5. The molecule has 0 bridgehead atoms. The Bertz CT molecular complexity index is 1090. The number of aromatic nitrogens is 4. The van der Waals surface area contributed by atoms with Gasteiger partial charge in [-0.05, 0) is 37.3 Å². The van der Waals surface area contributed by atoms with E-state index < -0.39 is 35.1 Å². The van der Waals surface area contributed by atoms with Gasteiger partial charge < -0.3 is 5.32 Å². The van der Waals surface area contributed by atoms with Crippen LogP contribution in [0.25, 0.3) is 5.82 Å². The maximum Gasteiger partial charge on any atom is 0.416 e. The summed E-state index contributed by atoms with van der Waals surface area (Å²) < 4.78 is 53.4. The van der Waals surface area contributed by atoms with Crippen molar-refractivity contribution in [3.63, 3.8) is 0 Å². The number of hydrogen-bond acceptors (Lipinski definition) is 5. The minimum absolute atomic E-state index is 0. The molecule has 0 fully saturated rings. The molecule has 3 aromatic rings. The highest BCUT2D eigenvalue weighted by Crippen LogP contribution is 2.30. The summed E-state index contributed by atoms with van der Waals surface area (Å²) in [6.45, 7) is 1.53. The van der Waals surface area contributed by atoms with Gasteiger partial charge in [0.2, 0.25) is 0 Å². The summed E-state index contributed by atoms with van der Waals surface area (Å²) in [5, 5.41) is 15.3. The second kappa shape index (κ2) is 8.91. The molecule has 0 saturated carbocycles. The first kappa shape index (κ1) is 22.8. The van der Waals surface area contributed by atoms with Gasteiger partial charge in [0.15, 0.2) is 11.6 Å². The van der Waals surface area contributed by atoms with E-state index in [1.807, 2.05) is 6.07 Å². The Balaban J connectivity index is 0.00000320. The third-order valence-electron chi connectivity index (χ3n) is 3.89. The largest absolute Gasteiger partial charge is 0.416 e. The van der Waals surface area contributed by atoms with Gasteiger partial charge in [-0.2, -0.15) is 41.7 Å². The topological polar surface area (TPSA) is 96.5 Å². The van der Waals surface area contributed by atoms with Gasteiger partial charge in [-0.15, -0.1) is 0 Å². The fourth-order valence-corrected chi connectivity index (χ4v) is 2.53. The Kier molecular flexibility index (Phi) is 6.78. The van der Waals surface area contributed by atoms with Gasteiger partial charge in [0.1, 0.15) is 18.2 Å². The molecule has 2 aromatic heterocycles. The molecule has 1 amide bonds. The molecule has 1 N–H and O–H groups in total. The van der Waals surface area contributed by atoms with E-state index in [1.54, 1.807) is 0 Å². The lowest BCUT2D eigenvalue weighted by molar-refractivity contribution is -0.137. The quantitative estimate of drug-likeness (QED) is 0.631. The number of nitriles is 1. The molecule has 156 valence electrons. The third kappa shape index (κ3) is 4.93. The van der Waals surface area contributed by atoms with Crippen LogP contribution in [0.4, 0.5) is 17.6 Å². The molecule has 7 nitrogen and oxygen atoms in total. The molecule has 1 atom stereocenters. The number of amides is 1. The summed E-state index contributed by atoms with van der Waals surface area (Å²) in [7, 11) is 0. The van der Waals surface area contributed by atoms with Crippen LogP contribution in [-0.2, 0) is 6.18 Å². The van der Waals surface area contributed by atoms with Crippen LogP contribution in [0.3, 0.4) is 0 Å². The zero-order chi connectivity index (χ0) is 21.2. The predicted molar refractivity (Wildman–Crippen MR) is 102 cm³/mol. The molecule has 0 radical (unpaired) electrons. The molecule has 12 heteroatoms. The Morgan fingerprint density at radius 1 is 1.23 bits per heavy atom. The van der Waals surface area contributed by atoms with Crippen LogP contribution in [0.2, 0.25) is 0 Å². The molecule has 2 heterocycles. The first-order chi connectivity index (χ1) is 13.7. The summed E-state index contributed by atoms with van der Waals surface area (Å²) in [5.74, 6) is -1.53. The lowest BCUT2D eigenvalue weighted by Crippen LogP contribution is -2.29.